The maximum Gasteiger partial charge on any atom is 0.307 e. The van der Waals surface area contributed by atoms with Gasteiger partial charge in [-0.3, -0.25) is 4.79 Å². The fraction of sp³-hybridized carbons (Fsp3) is 0.143. The molecule has 1 amide bonds. The number of furan rings is 1. The number of amides is 1. The second kappa shape index (κ2) is 8.67. The van der Waals surface area contributed by atoms with E-state index < -0.39 is 0 Å². The first kappa shape index (κ1) is 17.5. The summed E-state index contributed by atoms with van der Waals surface area (Å²) in [7, 11) is 0. The highest BCUT2D eigenvalue weighted by Crippen LogP contribution is 2.17. The molecule has 0 aliphatic rings. The van der Waals surface area contributed by atoms with Crippen molar-refractivity contribution in [2.45, 2.75) is 13.5 Å². The van der Waals surface area contributed by atoms with Crippen molar-refractivity contribution in [2.24, 2.45) is 5.10 Å². The van der Waals surface area contributed by atoms with Crippen molar-refractivity contribution in [3.05, 3.63) is 89.9 Å². The molecule has 0 radical (unpaired) electrons. The van der Waals surface area contributed by atoms with Crippen LogP contribution in [0, 0.1) is 0 Å². The number of carbonyl (C=O) groups excluding carboxylic acids is 1. The van der Waals surface area contributed by atoms with Crippen LogP contribution in [0.15, 0.2) is 82.5 Å². The van der Waals surface area contributed by atoms with Crippen LogP contribution >= 0.6 is 0 Å². The number of carbonyl (C=O) groups is 1. The fourth-order valence-corrected chi connectivity index (χ4v) is 2.59. The van der Waals surface area contributed by atoms with E-state index in [1.165, 1.54) is 11.8 Å². The van der Waals surface area contributed by atoms with E-state index in [1.54, 1.807) is 18.3 Å². The Balaban J connectivity index is 1.60. The second-order valence-corrected chi connectivity index (χ2v) is 5.77. The topological polar surface area (TPSA) is 57.8 Å². The number of anilines is 1. The lowest BCUT2D eigenvalue weighted by Gasteiger charge is -2.23. The Morgan fingerprint density at radius 1 is 1.08 bits per heavy atom. The summed E-state index contributed by atoms with van der Waals surface area (Å²) in [4.78, 5) is 14.0. The van der Waals surface area contributed by atoms with Crippen molar-refractivity contribution in [1.29, 1.82) is 0 Å². The molecule has 0 aliphatic carbocycles. The zero-order valence-corrected chi connectivity index (χ0v) is 14.6. The Bertz CT molecular complexity index is 841. The molecule has 0 saturated carbocycles. The van der Waals surface area contributed by atoms with Gasteiger partial charge in [-0.25, -0.2) is 5.43 Å². The third-order valence-corrected chi connectivity index (χ3v) is 3.98. The van der Waals surface area contributed by atoms with Gasteiger partial charge >= 0.3 is 5.91 Å². The van der Waals surface area contributed by atoms with Gasteiger partial charge in [0.25, 0.3) is 0 Å². The Kier molecular flexibility index (Phi) is 5.83. The number of hydrogen-bond donors (Lipinski definition) is 1. The summed E-state index contributed by atoms with van der Waals surface area (Å²) < 4.78 is 5.01. The normalized spacial score (nSPS) is 10.8. The van der Waals surface area contributed by atoms with Crippen molar-refractivity contribution in [1.82, 2.24) is 5.43 Å². The third kappa shape index (κ3) is 4.60. The largest absolute Gasteiger partial charge is 0.459 e. The van der Waals surface area contributed by atoms with Gasteiger partial charge in [0.15, 0.2) is 5.76 Å². The van der Waals surface area contributed by atoms with Gasteiger partial charge < -0.3 is 9.32 Å². The van der Waals surface area contributed by atoms with Gasteiger partial charge in [0.05, 0.1) is 12.5 Å². The second-order valence-electron chi connectivity index (χ2n) is 5.77. The van der Waals surface area contributed by atoms with Gasteiger partial charge in [0.1, 0.15) is 0 Å². The van der Waals surface area contributed by atoms with E-state index in [9.17, 15) is 4.79 Å². The number of nitrogens with zero attached hydrogens (tertiary/aromatic N) is 2. The molecule has 0 saturated heterocycles. The minimum Gasteiger partial charge on any atom is -0.459 e. The smallest absolute Gasteiger partial charge is 0.307 e. The van der Waals surface area contributed by atoms with E-state index in [1.807, 2.05) is 18.2 Å². The van der Waals surface area contributed by atoms with Crippen molar-refractivity contribution in [3.63, 3.8) is 0 Å². The van der Waals surface area contributed by atoms with Gasteiger partial charge in [-0.2, -0.15) is 5.10 Å². The zero-order chi connectivity index (χ0) is 18.2. The molecule has 0 unspecified atom stereocenters. The molecule has 0 spiro atoms. The highest BCUT2D eigenvalue weighted by Gasteiger charge is 2.06. The number of nitrogens with one attached hydrogen (secondary N) is 1. The molecule has 0 aliphatic heterocycles. The zero-order valence-electron chi connectivity index (χ0n) is 14.6. The van der Waals surface area contributed by atoms with Gasteiger partial charge in [-0.05, 0) is 42.3 Å². The van der Waals surface area contributed by atoms with Crippen molar-refractivity contribution >= 4 is 17.8 Å². The van der Waals surface area contributed by atoms with Gasteiger partial charge in [-0.1, -0.05) is 42.5 Å². The monoisotopic (exact) mass is 347 g/mol. The maximum atomic E-state index is 11.7. The summed E-state index contributed by atoms with van der Waals surface area (Å²) in [6, 6.07) is 21.7. The van der Waals surface area contributed by atoms with Crippen LogP contribution in [0.25, 0.3) is 0 Å². The molecule has 5 nitrogen and oxygen atoms in total. The molecule has 0 atom stereocenters. The predicted octanol–water partition coefficient (Wildman–Crippen LogP) is 4.07. The molecular formula is C21H21N3O2. The van der Waals surface area contributed by atoms with E-state index >= 15 is 0 Å². The number of benzene rings is 2. The van der Waals surface area contributed by atoms with Crippen molar-refractivity contribution < 1.29 is 9.21 Å². The van der Waals surface area contributed by atoms with E-state index in [0.29, 0.717) is 0 Å². The molecule has 5 heteroatoms. The third-order valence-electron chi connectivity index (χ3n) is 3.98. The van der Waals surface area contributed by atoms with Gasteiger partial charge in [0.2, 0.25) is 0 Å². The summed E-state index contributed by atoms with van der Waals surface area (Å²) in [6.07, 6.45) is 3.06. The summed E-state index contributed by atoms with van der Waals surface area (Å²) in [5, 5.41) is 3.96. The molecule has 132 valence electrons. The number of hydrazone groups is 1. The fourth-order valence-electron chi connectivity index (χ4n) is 2.59. The lowest BCUT2D eigenvalue weighted by Crippen LogP contribution is -2.21. The molecule has 3 aromatic rings. The average molecular weight is 347 g/mol. The summed E-state index contributed by atoms with van der Waals surface area (Å²) in [6.45, 7) is 3.92. The quantitative estimate of drug-likeness (QED) is 0.518. The minimum atomic E-state index is -0.372. The van der Waals surface area contributed by atoms with Crippen LogP contribution in [-0.4, -0.2) is 18.7 Å². The summed E-state index contributed by atoms with van der Waals surface area (Å²) in [5.74, 6) is -0.139. The van der Waals surface area contributed by atoms with Gasteiger partial charge in [-0.15, -0.1) is 0 Å². The first-order valence-corrected chi connectivity index (χ1v) is 8.52. The van der Waals surface area contributed by atoms with E-state index in [2.05, 4.69) is 58.7 Å². The van der Waals surface area contributed by atoms with E-state index in [0.717, 1.165) is 24.3 Å². The SMILES string of the molecule is CCN(Cc1ccccc1)c1ccc(/C=N\NC(=O)c2ccco2)cc1. The van der Waals surface area contributed by atoms with Crippen LogP contribution in [-0.2, 0) is 6.54 Å². The molecule has 1 N–H and O–H groups in total. The van der Waals surface area contributed by atoms with E-state index in [-0.39, 0.29) is 11.7 Å². The van der Waals surface area contributed by atoms with Crippen LogP contribution in [0.4, 0.5) is 5.69 Å². The summed E-state index contributed by atoms with van der Waals surface area (Å²) >= 11 is 0. The summed E-state index contributed by atoms with van der Waals surface area (Å²) in [5.41, 5.74) is 5.77. The van der Waals surface area contributed by atoms with Crippen LogP contribution < -0.4 is 10.3 Å². The lowest BCUT2D eigenvalue weighted by atomic mass is 10.1. The highest BCUT2D eigenvalue weighted by atomic mass is 16.3. The molecule has 3 rings (SSSR count). The van der Waals surface area contributed by atoms with Crippen LogP contribution in [0.3, 0.4) is 0 Å². The Hall–Kier alpha value is -3.34. The molecule has 1 heterocycles. The molecular weight excluding hydrogens is 326 g/mol. The Morgan fingerprint density at radius 2 is 1.85 bits per heavy atom. The Labute approximate surface area is 153 Å². The molecule has 26 heavy (non-hydrogen) atoms. The van der Waals surface area contributed by atoms with Crippen LogP contribution in [0.2, 0.25) is 0 Å². The molecule has 1 aromatic heterocycles. The van der Waals surface area contributed by atoms with Crippen LogP contribution in [0.5, 0.6) is 0 Å². The first-order valence-electron chi connectivity index (χ1n) is 8.52. The predicted molar refractivity (Wildman–Crippen MR) is 103 cm³/mol. The maximum absolute atomic E-state index is 11.7. The highest BCUT2D eigenvalue weighted by molar-refractivity contribution is 5.92. The van der Waals surface area contributed by atoms with Crippen LogP contribution in [0.1, 0.15) is 28.6 Å². The van der Waals surface area contributed by atoms with Crippen molar-refractivity contribution in [2.75, 3.05) is 11.4 Å². The molecule has 0 bridgehead atoms. The first-order chi connectivity index (χ1) is 12.8. The number of rotatable bonds is 7. The molecule has 2 aromatic carbocycles. The minimum absolute atomic E-state index is 0.233. The number of hydrogen-bond acceptors (Lipinski definition) is 4. The van der Waals surface area contributed by atoms with Crippen molar-refractivity contribution in [3.8, 4) is 0 Å². The lowest BCUT2D eigenvalue weighted by molar-refractivity contribution is 0.0927. The van der Waals surface area contributed by atoms with E-state index in [4.69, 9.17) is 4.42 Å². The average Bonchev–Trinajstić information content (AvgIpc) is 3.22. The standard InChI is InChI=1S/C21H21N3O2/c1-2-24(16-18-7-4-3-5-8-18)19-12-10-17(11-13-19)15-22-23-21(25)20-9-6-14-26-20/h3-15H,2,16H2,1H3,(H,23,25)/b22-15-. The Morgan fingerprint density at radius 3 is 2.50 bits per heavy atom. The molecule has 0 fully saturated rings. The van der Waals surface area contributed by atoms with Gasteiger partial charge in [0, 0.05) is 18.8 Å².